The maximum Gasteiger partial charge on any atom is 0.220 e. The van der Waals surface area contributed by atoms with Crippen molar-refractivity contribution in [1.29, 1.82) is 0 Å². The van der Waals surface area contributed by atoms with E-state index in [2.05, 4.69) is 17.1 Å². The van der Waals surface area contributed by atoms with Crippen LogP contribution in [0.3, 0.4) is 0 Å². The molecule has 1 heterocycles. The Bertz CT molecular complexity index is 205. The monoisotopic (exact) mass is 285 g/mol. The first-order valence-electron chi connectivity index (χ1n) is 5.98. The number of hydrogen-bond donors (Lipinski definition) is 2. The molecule has 0 aromatic carbocycles. The van der Waals surface area contributed by atoms with Crippen molar-refractivity contribution in [3.05, 3.63) is 0 Å². The van der Waals surface area contributed by atoms with Crippen LogP contribution in [-0.2, 0) is 4.79 Å². The molecule has 0 aliphatic carbocycles. The Hall–Kier alpha value is -0.0300. The van der Waals surface area contributed by atoms with Gasteiger partial charge in [0.05, 0.1) is 0 Å². The van der Waals surface area contributed by atoms with Crippen LogP contribution >= 0.6 is 24.8 Å². The van der Waals surface area contributed by atoms with Gasteiger partial charge in [0.1, 0.15) is 0 Å². The molecule has 0 bridgehead atoms. The first-order valence-corrected chi connectivity index (χ1v) is 5.98. The van der Waals surface area contributed by atoms with E-state index in [1.165, 1.54) is 19.4 Å². The lowest BCUT2D eigenvalue weighted by atomic mass is 10.2. The number of rotatable bonds is 6. The van der Waals surface area contributed by atoms with Gasteiger partial charge >= 0.3 is 0 Å². The lowest BCUT2D eigenvalue weighted by Crippen LogP contribution is -2.40. The summed E-state index contributed by atoms with van der Waals surface area (Å²) >= 11 is 0. The second kappa shape index (κ2) is 11.1. The van der Waals surface area contributed by atoms with Crippen molar-refractivity contribution in [2.45, 2.75) is 38.6 Å². The number of nitrogens with one attached hydrogen (secondary N) is 1. The largest absolute Gasteiger partial charge is 0.355 e. The summed E-state index contributed by atoms with van der Waals surface area (Å²) in [6, 6.07) is 0.553. The van der Waals surface area contributed by atoms with Gasteiger partial charge in [0, 0.05) is 19.0 Å². The average molecular weight is 286 g/mol. The van der Waals surface area contributed by atoms with Crippen LogP contribution in [0.25, 0.3) is 0 Å². The summed E-state index contributed by atoms with van der Waals surface area (Å²) < 4.78 is 0. The van der Waals surface area contributed by atoms with Crippen molar-refractivity contribution in [2.75, 3.05) is 26.2 Å². The van der Waals surface area contributed by atoms with Gasteiger partial charge in [-0.05, 0) is 38.9 Å². The van der Waals surface area contributed by atoms with Gasteiger partial charge in [-0.2, -0.15) is 0 Å². The highest BCUT2D eigenvalue weighted by atomic mass is 35.5. The molecular weight excluding hydrogens is 261 g/mol. The fourth-order valence-corrected chi connectivity index (χ4v) is 2.13. The lowest BCUT2D eigenvalue weighted by Gasteiger charge is -2.22. The second-order valence-corrected chi connectivity index (χ2v) is 4.12. The SMILES string of the molecule is CCN1CCCC1CNC(=O)CCCN.Cl.Cl. The summed E-state index contributed by atoms with van der Waals surface area (Å²) in [7, 11) is 0. The number of nitrogens with two attached hydrogens (primary N) is 1. The Labute approximate surface area is 117 Å². The Balaban J connectivity index is 0. The Morgan fingerprint density at radius 2 is 2.18 bits per heavy atom. The normalized spacial score (nSPS) is 19.3. The Morgan fingerprint density at radius 1 is 1.47 bits per heavy atom. The van der Waals surface area contributed by atoms with Crippen molar-refractivity contribution in [1.82, 2.24) is 10.2 Å². The zero-order valence-corrected chi connectivity index (χ0v) is 12.1. The van der Waals surface area contributed by atoms with Gasteiger partial charge in [-0.15, -0.1) is 24.8 Å². The van der Waals surface area contributed by atoms with Crippen LogP contribution in [0.5, 0.6) is 0 Å². The Kier molecular flexibility index (Phi) is 12.6. The third-order valence-electron chi connectivity index (χ3n) is 3.05. The van der Waals surface area contributed by atoms with E-state index in [1.807, 2.05) is 0 Å². The lowest BCUT2D eigenvalue weighted by molar-refractivity contribution is -0.121. The molecule has 3 N–H and O–H groups in total. The predicted molar refractivity (Wildman–Crippen MR) is 76.1 cm³/mol. The molecule has 0 aromatic heterocycles. The standard InChI is InChI=1S/C11H23N3O.2ClH/c1-2-14-8-4-5-10(14)9-13-11(15)6-3-7-12;;/h10H,2-9,12H2,1H3,(H,13,15);2*1H. The quantitative estimate of drug-likeness (QED) is 0.770. The first kappa shape index (κ1) is 19.3. The number of carbonyl (C=O) groups excluding carboxylic acids is 1. The fourth-order valence-electron chi connectivity index (χ4n) is 2.13. The van der Waals surface area contributed by atoms with Gasteiger partial charge in [0.2, 0.25) is 5.91 Å². The molecule has 1 saturated heterocycles. The van der Waals surface area contributed by atoms with Crippen LogP contribution in [-0.4, -0.2) is 43.0 Å². The zero-order valence-electron chi connectivity index (χ0n) is 10.5. The highest BCUT2D eigenvalue weighted by Crippen LogP contribution is 2.15. The molecule has 1 aliphatic rings. The van der Waals surface area contributed by atoms with Crippen molar-refractivity contribution >= 4 is 30.7 Å². The van der Waals surface area contributed by atoms with Crippen LogP contribution in [0.15, 0.2) is 0 Å². The smallest absolute Gasteiger partial charge is 0.220 e. The zero-order chi connectivity index (χ0) is 11.1. The van der Waals surface area contributed by atoms with Gasteiger partial charge in [-0.3, -0.25) is 9.69 Å². The average Bonchev–Trinajstić information content (AvgIpc) is 2.70. The molecule has 4 nitrogen and oxygen atoms in total. The fraction of sp³-hybridized carbons (Fsp3) is 0.909. The summed E-state index contributed by atoms with van der Waals surface area (Å²) in [5.74, 6) is 0.142. The molecule has 1 amide bonds. The van der Waals surface area contributed by atoms with Crippen LogP contribution in [0, 0.1) is 0 Å². The molecule has 104 valence electrons. The molecule has 1 rings (SSSR count). The number of halogens is 2. The first-order chi connectivity index (χ1) is 7.27. The minimum absolute atomic E-state index is 0. The van der Waals surface area contributed by atoms with Crippen LogP contribution in [0.1, 0.15) is 32.6 Å². The molecule has 6 heteroatoms. The highest BCUT2D eigenvalue weighted by molar-refractivity contribution is 5.85. The molecule has 0 saturated carbocycles. The second-order valence-electron chi connectivity index (χ2n) is 4.12. The predicted octanol–water partition coefficient (Wildman–Crippen LogP) is 1.17. The minimum atomic E-state index is 0. The topological polar surface area (TPSA) is 58.4 Å². The maximum atomic E-state index is 11.4. The summed E-state index contributed by atoms with van der Waals surface area (Å²) in [4.78, 5) is 13.8. The summed E-state index contributed by atoms with van der Waals surface area (Å²) in [6.45, 7) is 5.84. The summed E-state index contributed by atoms with van der Waals surface area (Å²) in [5, 5.41) is 2.99. The third kappa shape index (κ3) is 7.09. The number of likely N-dealkylation sites (tertiary alicyclic amines) is 1. The van der Waals surface area contributed by atoms with Gasteiger partial charge < -0.3 is 11.1 Å². The van der Waals surface area contributed by atoms with Gasteiger partial charge in [0.15, 0.2) is 0 Å². The van der Waals surface area contributed by atoms with Crippen molar-refractivity contribution in [2.24, 2.45) is 5.73 Å². The number of amides is 1. The number of carbonyl (C=O) groups is 1. The van der Waals surface area contributed by atoms with E-state index in [-0.39, 0.29) is 30.7 Å². The van der Waals surface area contributed by atoms with Crippen molar-refractivity contribution in [3.8, 4) is 0 Å². The molecule has 1 aliphatic heterocycles. The number of likely N-dealkylation sites (N-methyl/N-ethyl adjacent to an activating group) is 1. The van der Waals surface area contributed by atoms with Crippen LogP contribution in [0.4, 0.5) is 0 Å². The van der Waals surface area contributed by atoms with E-state index in [1.54, 1.807) is 0 Å². The molecule has 0 spiro atoms. The van der Waals surface area contributed by atoms with E-state index in [9.17, 15) is 4.79 Å². The molecule has 0 radical (unpaired) electrons. The molecule has 17 heavy (non-hydrogen) atoms. The summed E-state index contributed by atoms with van der Waals surface area (Å²) in [5.41, 5.74) is 5.35. The minimum Gasteiger partial charge on any atom is -0.355 e. The van der Waals surface area contributed by atoms with E-state index in [0.29, 0.717) is 19.0 Å². The van der Waals surface area contributed by atoms with Crippen LogP contribution < -0.4 is 11.1 Å². The Morgan fingerprint density at radius 3 is 2.76 bits per heavy atom. The number of nitrogens with zero attached hydrogens (tertiary/aromatic N) is 1. The summed E-state index contributed by atoms with van der Waals surface area (Å²) in [6.07, 6.45) is 3.82. The third-order valence-corrected chi connectivity index (χ3v) is 3.05. The van der Waals surface area contributed by atoms with Crippen molar-refractivity contribution < 1.29 is 4.79 Å². The maximum absolute atomic E-state index is 11.4. The number of hydrogen-bond acceptors (Lipinski definition) is 3. The molecular formula is C11H25Cl2N3O. The van der Waals surface area contributed by atoms with E-state index >= 15 is 0 Å². The van der Waals surface area contributed by atoms with Crippen LogP contribution in [0.2, 0.25) is 0 Å². The van der Waals surface area contributed by atoms with E-state index < -0.39 is 0 Å². The van der Waals surface area contributed by atoms with Gasteiger partial charge in [-0.1, -0.05) is 6.92 Å². The molecule has 1 fully saturated rings. The highest BCUT2D eigenvalue weighted by Gasteiger charge is 2.22. The molecule has 0 aromatic rings. The molecule has 1 unspecified atom stereocenters. The van der Waals surface area contributed by atoms with E-state index in [4.69, 9.17) is 5.73 Å². The van der Waals surface area contributed by atoms with Crippen molar-refractivity contribution in [3.63, 3.8) is 0 Å². The van der Waals surface area contributed by atoms with Gasteiger partial charge in [-0.25, -0.2) is 0 Å². The molecule has 1 atom stereocenters. The van der Waals surface area contributed by atoms with E-state index in [0.717, 1.165) is 19.5 Å². The van der Waals surface area contributed by atoms with Gasteiger partial charge in [0.25, 0.3) is 0 Å².